The molecule has 1 N–H and O–H groups in total. The molecule has 1 aliphatic rings. The van der Waals surface area contributed by atoms with Crippen LogP contribution in [0.15, 0.2) is 60.7 Å². The molecule has 0 spiro atoms. The van der Waals surface area contributed by atoms with Crippen LogP contribution in [0.4, 0.5) is 11.6 Å². The van der Waals surface area contributed by atoms with Gasteiger partial charge in [-0.25, -0.2) is 0 Å². The average molecular weight is 306 g/mol. The van der Waals surface area contributed by atoms with Gasteiger partial charge >= 0.3 is 0 Å². The van der Waals surface area contributed by atoms with Crippen LogP contribution in [0.1, 0.15) is 6.42 Å². The zero-order valence-electron chi connectivity index (χ0n) is 12.7. The molecule has 1 saturated heterocycles. The minimum atomic E-state index is 0.401. The van der Waals surface area contributed by atoms with Crippen LogP contribution < -0.4 is 10.2 Å². The lowest BCUT2D eigenvalue weighted by Crippen LogP contribution is -2.28. The van der Waals surface area contributed by atoms with E-state index in [-0.39, 0.29) is 0 Å². The van der Waals surface area contributed by atoms with E-state index in [0.717, 1.165) is 36.8 Å². The number of anilines is 2. The fraction of sp³-hybridized carbons (Fsp3) is 0.235. The van der Waals surface area contributed by atoms with E-state index in [1.807, 2.05) is 48.5 Å². The maximum Gasteiger partial charge on any atom is 0.250 e. The average Bonchev–Trinajstić information content (AvgIpc) is 3.25. The second-order valence-electron chi connectivity index (χ2n) is 5.67. The number of para-hydroxylation sites is 2. The smallest absolute Gasteiger partial charge is 0.250 e. The molecule has 1 aliphatic heterocycles. The first-order valence-corrected chi connectivity index (χ1v) is 7.80. The first-order valence-electron chi connectivity index (χ1n) is 7.80. The Kier molecular flexibility index (Phi) is 3.63. The highest BCUT2D eigenvalue weighted by atomic mass is 15.6. The normalized spacial score (nSPS) is 17.4. The molecule has 23 heavy (non-hydrogen) atoms. The van der Waals surface area contributed by atoms with Crippen LogP contribution in [-0.4, -0.2) is 39.3 Å². The summed E-state index contributed by atoms with van der Waals surface area (Å²) in [4.78, 5) is 2.23. The van der Waals surface area contributed by atoms with Gasteiger partial charge in [-0.3, -0.25) is 0 Å². The summed E-state index contributed by atoms with van der Waals surface area (Å²) >= 11 is 0. The molecule has 0 bridgehead atoms. The van der Waals surface area contributed by atoms with Gasteiger partial charge < -0.3 is 10.2 Å². The quantitative estimate of drug-likeness (QED) is 0.802. The van der Waals surface area contributed by atoms with Crippen LogP contribution in [0.2, 0.25) is 0 Å². The number of nitrogens with one attached hydrogen (secondary N) is 1. The van der Waals surface area contributed by atoms with Crippen molar-refractivity contribution in [1.82, 2.24) is 20.2 Å². The van der Waals surface area contributed by atoms with E-state index in [4.69, 9.17) is 0 Å². The molecular weight excluding hydrogens is 288 g/mol. The second-order valence-corrected chi connectivity index (χ2v) is 5.67. The Balaban J connectivity index is 1.50. The van der Waals surface area contributed by atoms with Gasteiger partial charge in [0.25, 0.3) is 0 Å². The molecule has 116 valence electrons. The van der Waals surface area contributed by atoms with Crippen LogP contribution in [0.3, 0.4) is 0 Å². The third-order valence-electron chi connectivity index (χ3n) is 4.07. The minimum Gasteiger partial charge on any atom is -0.380 e. The predicted molar refractivity (Wildman–Crippen MR) is 89.8 cm³/mol. The summed E-state index contributed by atoms with van der Waals surface area (Å²) in [6.45, 7) is 1.83. The van der Waals surface area contributed by atoms with Gasteiger partial charge in [0.2, 0.25) is 5.95 Å². The molecule has 1 fully saturated rings. The van der Waals surface area contributed by atoms with Gasteiger partial charge in [0.15, 0.2) is 0 Å². The number of hydrogen-bond acceptors (Lipinski definition) is 5. The van der Waals surface area contributed by atoms with E-state index in [1.54, 1.807) is 4.68 Å². The van der Waals surface area contributed by atoms with E-state index in [1.165, 1.54) is 0 Å². The van der Waals surface area contributed by atoms with Crippen molar-refractivity contribution in [3.63, 3.8) is 0 Å². The highest BCUT2D eigenvalue weighted by Crippen LogP contribution is 2.22. The van der Waals surface area contributed by atoms with Gasteiger partial charge in [-0.1, -0.05) is 41.5 Å². The molecule has 6 heteroatoms. The first kappa shape index (κ1) is 13.8. The lowest BCUT2D eigenvalue weighted by atomic mass is 10.2. The molecule has 4 rings (SSSR count). The number of nitrogens with zero attached hydrogens (tertiary/aromatic N) is 5. The molecule has 0 radical (unpaired) electrons. The van der Waals surface area contributed by atoms with Crippen LogP contribution in [0.25, 0.3) is 5.69 Å². The van der Waals surface area contributed by atoms with Crippen molar-refractivity contribution in [1.29, 1.82) is 0 Å². The largest absolute Gasteiger partial charge is 0.380 e. The summed E-state index contributed by atoms with van der Waals surface area (Å²) in [6.07, 6.45) is 1.07. The van der Waals surface area contributed by atoms with Crippen LogP contribution >= 0.6 is 0 Å². The summed E-state index contributed by atoms with van der Waals surface area (Å²) in [5.41, 5.74) is 2.13. The fourth-order valence-electron chi connectivity index (χ4n) is 2.95. The molecule has 2 aromatic carbocycles. The predicted octanol–water partition coefficient (Wildman–Crippen LogP) is 2.35. The SMILES string of the molecule is c1ccc(NC2CCN(c3nnnn3-c3ccccc3)C2)cc1. The van der Waals surface area contributed by atoms with Crippen molar-refractivity contribution in [2.45, 2.75) is 12.5 Å². The number of benzene rings is 2. The standard InChI is InChI=1S/C17H18N6/c1-3-7-14(8-4-1)18-15-11-12-22(13-15)17-19-20-21-23(17)16-9-5-2-6-10-16/h1-10,15,18H,11-13H2. The lowest BCUT2D eigenvalue weighted by Gasteiger charge is -2.18. The van der Waals surface area contributed by atoms with Crippen molar-refractivity contribution >= 4 is 11.6 Å². The number of aromatic nitrogens is 4. The van der Waals surface area contributed by atoms with Gasteiger partial charge in [-0.2, -0.15) is 4.68 Å². The van der Waals surface area contributed by atoms with Crippen molar-refractivity contribution in [2.75, 3.05) is 23.3 Å². The maximum absolute atomic E-state index is 4.22. The lowest BCUT2D eigenvalue weighted by molar-refractivity contribution is 0.772. The summed E-state index contributed by atoms with van der Waals surface area (Å²) in [6, 6.07) is 20.7. The molecule has 3 aromatic rings. The summed E-state index contributed by atoms with van der Waals surface area (Å²) < 4.78 is 1.80. The Morgan fingerprint density at radius 3 is 2.48 bits per heavy atom. The molecule has 0 amide bonds. The van der Waals surface area contributed by atoms with Gasteiger partial charge in [0.1, 0.15) is 0 Å². The first-order chi connectivity index (χ1) is 11.4. The molecule has 0 saturated carbocycles. The Labute approximate surface area is 134 Å². The van der Waals surface area contributed by atoms with Crippen molar-refractivity contribution < 1.29 is 0 Å². The third kappa shape index (κ3) is 2.88. The zero-order valence-corrected chi connectivity index (χ0v) is 12.7. The molecule has 1 aromatic heterocycles. The van der Waals surface area contributed by atoms with Gasteiger partial charge in [0.05, 0.1) is 5.69 Å². The molecule has 1 unspecified atom stereocenters. The summed E-state index contributed by atoms with van der Waals surface area (Å²) in [5.74, 6) is 0.800. The highest BCUT2D eigenvalue weighted by Gasteiger charge is 2.26. The highest BCUT2D eigenvalue weighted by molar-refractivity contribution is 5.46. The van der Waals surface area contributed by atoms with E-state index in [9.17, 15) is 0 Å². The second kappa shape index (κ2) is 6.08. The van der Waals surface area contributed by atoms with Crippen molar-refractivity contribution in [3.05, 3.63) is 60.7 Å². The molecule has 6 nitrogen and oxygen atoms in total. The van der Waals surface area contributed by atoms with E-state index in [0.29, 0.717) is 6.04 Å². The van der Waals surface area contributed by atoms with E-state index >= 15 is 0 Å². The Bertz CT molecular complexity index is 755. The van der Waals surface area contributed by atoms with E-state index < -0.39 is 0 Å². The number of hydrogen-bond donors (Lipinski definition) is 1. The summed E-state index contributed by atoms with van der Waals surface area (Å²) in [5, 5.41) is 15.8. The number of rotatable bonds is 4. The van der Waals surface area contributed by atoms with Crippen molar-refractivity contribution in [2.24, 2.45) is 0 Å². The van der Waals surface area contributed by atoms with Crippen LogP contribution in [0.5, 0.6) is 0 Å². The van der Waals surface area contributed by atoms with Crippen LogP contribution in [-0.2, 0) is 0 Å². The van der Waals surface area contributed by atoms with Gasteiger partial charge in [-0.15, -0.1) is 0 Å². The molecule has 1 atom stereocenters. The maximum atomic E-state index is 4.22. The molecule has 0 aliphatic carbocycles. The minimum absolute atomic E-state index is 0.401. The Morgan fingerprint density at radius 1 is 0.957 bits per heavy atom. The third-order valence-corrected chi connectivity index (χ3v) is 4.07. The van der Waals surface area contributed by atoms with Crippen molar-refractivity contribution in [3.8, 4) is 5.69 Å². The van der Waals surface area contributed by atoms with E-state index in [2.05, 4.69) is 37.9 Å². The zero-order chi connectivity index (χ0) is 15.5. The molecular formula is C17H18N6. The van der Waals surface area contributed by atoms with Crippen LogP contribution in [0, 0.1) is 0 Å². The Hall–Kier alpha value is -2.89. The monoisotopic (exact) mass is 306 g/mol. The molecule has 2 heterocycles. The Morgan fingerprint density at radius 2 is 1.70 bits per heavy atom. The number of tetrazole rings is 1. The fourth-order valence-corrected chi connectivity index (χ4v) is 2.95. The van der Waals surface area contributed by atoms with Gasteiger partial charge in [0, 0.05) is 24.8 Å². The summed E-state index contributed by atoms with van der Waals surface area (Å²) in [7, 11) is 0. The van der Waals surface area contributed by atoms with Gasteiger partial charge in [-0.05, 0) is 41.1 Å². The topological polar surface area (TPSA) is 58.9 Å².